The number of aliphatic imine (C=N–C) groups is 1. The first kappa shape index (κ1) is 21.3. The largest absolute Gasteiger partial charge is 0.368 e. The summed E-state index contributed by atoms with van der Waals surface area (Å²) in [6.45, 7) is 7.09. The van der Waals surface area contributed by atoms with E-state index in [1.807, 2.05) is 24.3 Å². The molecule has 0 saturated carbocycles. The standard InChI is InChI=1S/C22H30N4O2S/c1-3-23-22(24-14-16(2)20-10-6-12-29-20)25-15-17-7-4-8-18(13-17)26-21(27)19-9-5-11-28-19/h4,6-8,10,12-13,16,19H,3,5,9,11,14-15H2,1-2H3,(H,26,27)(H2,23,24,25). The molecule has 2 aromatic rings. The summed E-state index contributed by atoms with van der Waals surface area (Å²) in [4.78, 5) is 18.3. The number of guanidine groups is 1. The number of nitrogens with zero attached hydrogens (tertiary/aromatic N) is 1. The Balaban J connectivity index is 1.56. The first-order valence-corrected chi connectivity index (χ1v) is 11.1. The Morgan fingerprint density at radius 1 is 1.31 bits per heavy atom. The Hall–Kier alpha value is -2.38. The molecule has 0 radical (unpaired) electrons. The van der Waals surface area contributed by atoms with Crippen LogP contribution in [0, 0.1) is 0 Å². The first-order valence-electron chi connectivity index (χ1n) is 10.2. The average Bonchev–Trinajstić information content (AvgIpc) is 3.44. The second-order valence-electron chi connectivity index (χ2n) is 7.18. The van der Waals surface area contributed by atoms with E-state index < -0.39 is 0 Å². The van der Waals surface area contributed by atoms with E-state index in [4.69, 9.17) is 9.73 Å². The Kier molecular flexibility index (Phi) is 8.07. The molecule has 1 aliphatic heterocycles. The van der Waals surface area contributed by atoms with E-state index in [9.17, 15) is 4.79 Å². The fourth-order valence-corrected chi connectivity index (χ4v) is 3.98. The van der Waals surface area contributed by atoms with Gasteiger partial charge in [-0.2, -0.15) is 0 Å². The monoisotopic (exact) mass is 414 g/mol. The molecule has 1 saturated heterocycles. The van der Waals surface area contributed by atoms with Crippen molar-refractivity contribution in [2.24, 2.45) is 4.99 Å². The first-order chi connectivity index (χ1) is 14.2. The van der Waals surface area contributed by atoms with Crippen LogP contribution in [0.25, 0.3) is 0 Å². The Morgan fingerprint density at radius 3 is 2.93 bits per heavy atom. The lowest BCUT2D eigenvalue weighted by molar-refractivity contribution is -0.124. The minimum atomic E-state index is -0.327. The summed E-state index contributed by atoms with van der Waals surface area (Å²) in [7, 11) is 0. The molecule has 2 heterocycles. The number of nitrogens with one attached hydrogen (secondary N) is 3. The van der Waals surface area contributed by atoms with Crippen LogP contribution in [0.4, 0.5) is 5.69 Å². The van der Waals surface area contributed by atoms with Gasteiger partial charge in [-0.15, -0.1) is 11.3 Å². The fraction of sp³-hybridized carbons (Fsp3) is 0.455. The van der Waals surface area contributed by atoms with Crippen LogP contribution in [-0.2, 0) is 16.1 Å². The van der Waals surface area contributed by atoms with Crippen molar-refractivity contribution < 1.29 is 9.53 Å². The summed E-state index contributed by atoms with van der Waals surface area (Å²) < 4.78 is 5.45. The number of amides is 1. The van der Waals surface area contributed by atoms with E-state index in [2.05, 4.69) is 47.3 Å². The molecule has 0 bridgehead atoms. The minimum Gasteiger partial charge on any atom is -0.368 e. The zero-order chi connectivity index (χ0) is 20.5. The number of rotatable bonds is 8. The number of carbonyl (C=O) groups excluding carboxylic acids is 1. The van der Waals surface area contributed by atoms with E-state index >= 15 is 0 Å². The van der Waals surface area contributed by atoms with Crippen molar-refractivity contribution in [3.63, 3.8) is 0 Å². The van der Waals surface area contributed by atoms with Crippen LogP contribution in [0.1, 0.15) is 43.0 Å². The molecular formula is C22H30N4O2S. The molecule has 1 amide bonds. The molecule has 1 fully saturated rings. The molecule has 29 heavy (non-hydrogen) atoms. The zero-order valence-electron chi connectivity index (χ0n) is 17.1. The van der Waals surface area contributed by atoms with Crippen LogP contribution in [0.5, 0.6) is 0 Å². The highest BCUT2D eigenvalue weighted by Crippen LogP contribution is 2.20. The average molecular weight is 415 g/mol. The summed E-state index contributed by atoms with van der Waals surface area (Å²) >= 11 is 1.78. The molecule has 1 aromatic heterocycles. The molecule has 2 atom stereocenters. The summed E-state index contributed by atoms with van der Waals surface area (Å²) in [5, 5.41) is 11.8. The fourth-order valence-electron chi connectivity index (χ4n) is 3.19. The number of carbonyl (C=O) groups is 1. The van der Waals surface area contributed by atoms with Crippen molar-refractivity contribution in [3.05, 3.63) is 52.2 Å². The van der Waals surface area contributed by atoms with Crippen molar-refractivity contribution in [3.8, 4) is 0 Å². The lowest BCUT2D eigenvalue weighted by Crippen LogP contribution is -2.39. The zero-order valence-corrected chi connectivity index (χ0v) is 17.9. The van der Waals surface area contributed by atoms with Gasteiger partial charge in [-0.25, -0.2) is 4.99 Å². The molecule has 0 spiro atoms. The van der Waals surface area contributed by atoms with Crippen LogP contribution in [-0.4, -0.2) is 37.7 Å². The second kappa shape index (κ2) is 11.0. The quantitative estimate of drug-likeness (QED) is 0.455. The second-order valence-corrected chi connectivity index (χ2v) is 8.16. The lowest BCUT2D eigenvalue weighted by Gasteiger charge is -2.15. The Labute approximate surface area is 176 Å². The van der Waals surface area contributed by atoms with Gasteiger partial charge in [0.2, 0.25) is 0 Å². The van der Waals surface area contributed by atoms with Gasteiger partial charge in [-0.1, -0.05) is 25.1 Å². The third-order valence-corrected chi connectivity index (χ3v) is 5.89. The number of anilines is 1. The van der Waals surface area contributed by atoms with Crippen LogP contribution < -0.4 is 16.0 Å². The number of thiophene rings is 1. The van der Waals surface area contributed by atoms with Crippen LogP contribution in [0.15, 0.2) is 46.8 Å². The smallest absolute Gasteiger partial charge is 0.253 e. The SMILES string of the molecule is CCNC(=NCc1cccc(NC(=O)C2CCCO2)c1)NCC(C)c1cccs1. The van der Waals surface area contributed by atoms with Gasteiger partial charge >= 0.3 is 0 Å². The van der Waals surface area contributed by atoms with Crippen molar-refractivity contribution >= 4 is 28.9 Å². The van der Waals surface area contributed by atoms with Gasteiger partial charge in [0.1, 0.15) is 6.10 Å². The molecule has 6 nitrogen and oxygen atoms in total. The van der Waals surface area contributed by atoms with Gasteiger partial charge in [0.25, 0.3) is 5.91 Å². The van der Waals surface area contributed by atoms with Crippen LogP contribution in [0.2, 0.25) is 0 Å². The number of benzene rings is 1. The van der Waals surface area contributed by atoms with Gasteiger partial charge < -0.3 is 20.7 Å². The maximum Gasteiger partial charge on any atom is 0.253 e. The van der Waals surface area contributed by atoms with Crippen molar-refractivity contribution in [2.45, 2.75) is 45.3 Å². The van der Waals surface area contributed by atoms with Gasteiger partial charge in [0.15, 0.2) is 5.96 Å². The third kappa shape index (κ3) is 6.58. The van der Waals surface area contributed by atoms with Crippen molar-refractivity contribution in [1.82, 2.24) is 10.6 Å². The van der Waals surface area contributed by atoms with Gasteiger partial charge in [0.05, 0.1) is 6.54 Å². The molecule has 3 N–H and O–H groups in total. The van der Waals surface area contributed by atoms with Crippen LogP contribution >= 0.6 is 11.3 Å². The lowest BCUT2D eigenvalue weighted by atomic mass is 10.1. The van der Waals surface area contributed by atoms with Crippen LogP contribution in [0.3, 0.4) is 0 Å². The van der Waals surface area contributed by atoms with E-state index in [-0.39, 0.29) is 12.0 Å². The highest BCUT2D eigenvalue weighted by atomic mass is 32.1. The maximum absolute atomic E-state index is 12.2. The third-order valence-electron chi connectivity index (χ3n) is 4.79. The maximum atomic E-state index is 12.2. The molecule has 1 aromatic carbocycles. The molecule has 1 aliphatic rings. The van der Waals surface area contributed by atoms with Gasteiger partial charge in [-0.05, 0) is 48.9 Å². The molecule has 7 heteroatoms. The van der Waals surface area contributed by atoms with Crippen molar-refractivity contribution in [1.29, 1.82) is 0 Å². The summed E-state index contributed by atoms with van der Waals surface area (Å²) in [6, 6.07) is 12.1. The van der Waals surface area contributed by atoms with E-state index in [0.717, 1.165) is 43.1 Å². The number of hydrogen-bond donors (Lipinski definition) is 3. The van der Waals surface area contributed by atoms with E-state index in [1.54, 1.807) is 11.3 Å². The Morgan fingerprint density at radius 2 is 2.21 bits per heavy atom. The molecule has 2 unspecified atom stereocenters. The summed E-state index contributed by atoms with van der Waals surface area (Å²) in [5.41, 5.74) is 1.82. The molecule has 0 aliphatic carbocycles. The predicted molar refractivity (Wildman–Crippen MR) is 120 cm³/mol. The predicted octanol–water partition coefficient (Wildman–Crippen LogP) is 3.72. The molecule has 156 valence electrons. The van der Waals surface area contributed by atoms with E-state index in [0.29, 0.717) is 19.1 Å². The number of hydrogen-bond acceptors (Lipinski definition) is 4. The molecule has 3 rings (SSSR count). The van der Waals surface area contributed by atoms with E-state index in [1.165, 1.54) is 4.88 Å². The topological polar surface area (TPSA) is 74.8 Å². The molecular weight excluding hydrogens is 384 g/mol. The highest BCUT2D eigenvalue weighted by molar-refractivity contribution is 7.10. The van der Waals surface area contributed by atoms with Crippen molar-refractivity contribution in [2.75, 3.05) is 25.0 Å². The minimum absolute atomic E-state index is 0.0688. The normalized spacial score (nSPS) is 17.7. The highest BCUT2D eigenvalue weighted by Gasteiger charge is 2.23. The Bertz CT molecular complexity index is 801. The van der Waals surface area contributed by atoms with Gasteiger partial charge in [-0.3, -0.25) is 4.79 Å². The number of ether oxygens (including phenoxy) is 1. The summed E-state index contributed by atoms with van der Waals surface area (Å²) in [6.07, 6.45) is 1.40. The summed E-state index contributed by atoms with van der Waals surface area (Å²) in [5.74, 6) is 1.15. The van der Waals surface area contributed by atoms with Gasteiger partial charge in [0, 0.05) is 36.2 Å².